The number of carbonyl (C=O) groups is 1. The number of rotatable bonds is 2. The lowest BCUT2D eigenvalue weighted by Crippen LogP contribution is -2.32. The van der Waals surface area contributed by atoms with E-state index >= 15 is 0 Å². The molecular weight excluding hydrogens is 398 g/mol. The van der Waals surface area contributed by atoms with Crippen LogP contribution in [0.15, 0.2) is 56.7 Å². The van der Waals surface area contributed by atoms with E-state index in [0.29, 0.717) is 0 Å². The summed E-state index contributed by atoms with van der Waals surface area (Å²) in [6.07, 6.45) is 3.96. The lowest BCUT2D eigenvalue weighted by Gasteiger charge is -2.39. The Morgan fingerprint density at radius 3 is 2.70 bits per heavy atom. The third-order valence-corrected chi connectivity index (χ3v) is 6.68. The van der Waals surface area contributed by atoms with E-state index in [1.54, 1.807) is 17.6 Å². The van der Waals surface area contributed by atoms with Gasteiger partial charge in [-0.3, -0.25) is 4.79 Å². The molecule has 0 bridgehead atoms. The maximum atomic E-state index is 12.6. The molecule has 4 aromatic rings. The molecule has 0 saturated heterocycles. The summed E-state index contributed by atoms with van der Waals surface area (Å²) in [4.78, 5) is 24.2. The molecule has 0 spiro atoms. The van der Waals surface area contributed by atoms with Crippen LogP contribution in [-0.2, 0) is 6.42 Å². The monoisotopic (exact) mass is 419 g/mol. The van der Waals surface area contributed by atoms with Crippen LogP contribution in [0.4, 0.5) is 0 Å². The van der Waals surface area contributed by atoms with Gasteiger partial charge in [0.1, 0.15) is 11.1 Å². The van der Waals surface area contributed by atoms with Gasteiger partial charge in [-0.05, 0) is 51.9 Å². The summed E-state index contributed by atoms with van der Waals surface area (Å²) in [5, 5.41) is 14.7. The zero-order valence-corrected chi connectivity index (χ0v) is 17.7. The molecule has 5 rings (SSSR count). The molecule has 0 fully saturated rings. The fraction of sp³-hybridized carbons (Fsp3) is 0.250. The number of pyridine rings is 1. The Bertz CT molecular complexity index is 1350. The van der Waals surface area contributed by atoms with Crippen LogP contribution in [0, 0.1) is 5.41 Å². The Hall–Kier alpha value is -3.12. The van der Waals surface area contributed by atoms with Crippen molar-refractivity contribution in [2.24, 2.45) is 5.41 Å². The molecule has 30 heavy (non-hydrogen) atoms. The Morgan fingerprint density at radius 1 is 1.23 bits per heavy atom. The number of benzene rings is 1. The summed E-state index contributed by atoms with van der Waals surface area (Å²) in [5.74, 6) is -1.20. The topological polar surface area (TPSA) is 72.4 Å². The number of hydrogen-bond donors (Lipinski definition) is 1. The molecule has 0 saturated carbocycles. The van der Waals surface area contributed by atoms with Gasteiger partial charge in [-0.1, -0.05) is 20.8 Å². The molecule has 3 aromatic heterocycles. The number of fused-ring (bicyclic) bond motifs is 5. The van der Waals surface area contributed by atoms with Crippen molar-refractivity contribution in [3.05, 3.63) is 68.8 Å². The molecule has 4 heterocycles. The third-order valence-electron chi connectivity index (χ3n) is 6.00. The number of aromatic carboxylic acids is 1. The van der Waals surface area contributed by atoms with Crippen molar-refractivity contribution in [3.63, 3.8) is 0 Å². The van der Waals surface area contributed by atoms with Crippen molar-refractivity contribution < 1.29 is 14.3 Å². The van der Waals surface area contributed by atoms with Crippen LogP contribution in [0.2, 0.25) is 0 Å². The lowest BCUT2D eigenvalue weighted by atomic mass is 9.77. The van der Waals surface area contributed by atoms with Crippen LogP contribution in [0.25, 0.3) is 33.4 Å². The number of furan rings is 1. The average molecular weight is 420 g/mol. The van der Waals surface area contributed by atoms with E-state index < -0.39 is 11.4 Å². The summed E-state index contributed by atoms with van der Waals surface area (Å²) >= 11 is 1.62. The quantitative estimate of drug-likeness (QED) is 0.444. The normalized spacial score (nSPS) is 15.8. The Morgan fingerprint density at radius 2 is 2.03 bits per heavy atom. The molecule has 0 amide bonds. The molecule has 1 atom stereocenters. The van der Waals surface area contributed by atoms with Gasteiger partial charge in [0.05, 0.1) is 12.0 Å². The maximum absolute atomic E-state index is 12.6. The number of thiophene rings is 1. The average Bonchev–Trinajstić information content (AvgIpc) is 3.37. The minimum absolute atomic E-state index is 0.00352. The summed E-state index contributed by atoms with van der Waals surface area (Å²) < 4.78 is 7.86. The van der Waals surface area contributed by atoms with Crippen LogP contribution in [0.3, 0.4) is 0 Å². The summed E-state index contributed by atoms with van der Waals surface area (Å²) in [5.41, 5.74) is 4.93. The molecule has 6 heteroatoms. The van der Waals surface area contributed by atoms with Gasteiger partial charge in [0.15, 0.2) is 5.43 Å². The standard InChI is InChI=1S/C24H21NO4S/c1-24(2,3)21-9-16-14-4-6-29-22(14)15(13-5-7-30-12-13)8-17(16)19-10-20(26)18(23(27)28)11-25(19)21/h4-8,10-12,21H,9H2,1-3H3,(H,27,28)/t21-/m0/s1. The van der Waals surface area contributed by atoms with Gasteiger partial charge in [-0.15, -0.1) is 0 Å². The first-order chi connectivity index (χ1) is 14.3. The molecule has 1 N–H and O–H groups in total. The summed E-state index contributed by atoms with van der Waals surface area (Å²) in [6, 6.07) is 7.60. The smallest absolute Gasteiger partial charge is 0.341 e. The molecular formula is C24H21NO4S. The molecule has 0 aliphatic carbocycles. The van der Waals surface area contributed by atoms with Gasteiger partial charge in [-0.25, -0.2) is 4.79 Å². The number of carboxylic acid groups (broad SMARTS) is 1. The Balaban J connectivity index is 1.88. The van der Waals surface area contributed by atoms with Gasteiger partial charge in [0.2, 0.25) is 0 Å². The molecule has 152 valence electrons. The van der Waals surface area contributed by atoms with E-state index in [0.717, 1.165) is 45.3 Å². The zero-order valence-electron chi connectivity index (χ0n) is 16.9. The van der Waals surface area contributed by atoms with E-state index in [1.165, 1.54) is 12.3 Å². The third kappa shape index (κ3) is 2.75. The highest BCUT2D eigenvalue weighted by atomic mass is 32.1. The number of aromatic nitrogens is 1. The predicted molar refractivity (Wildman–Crippen MR) is 118 cm³/mol. The van der Waals surface area contributed by atoms with Crippen LogP contribution >= 0.6 is 11.3 Å². The predicted octanol–water partition coefficient (Wildman–Crippen LogP) is 5.83. The first-order valence-corrected chi connectivity index (χ1v) is 10.8. The second-order valence-corrected chi connectivity index (χ2v) is 9.64. The second kappa shape index (κ2) is 6.44. The van der Waals surface area contributed by atoms with Crippen molar-refractivity contribution in [3.8, 4) is 22.4 Å². The largest absolute Gasteiger partial charge is 0.477 e. The summed E-state index contributed by atoms with van der Waals surface area (Å²) in [6.45, 7) is 6.41. The van der Waals surface area contributed by atoms with E-state index in [1.807, 2.05) is 16.0 Å². The fourth-order valence-corrected chi connectivity index (χ4v) is 5.13. The SMILES string of the molecule is CC(C)(C)[C@@H]1Cc2c(cc(-c3ccsc3)c3occc23)-c2cc(=O)c(C(=O)O)cn21. The highest BCUT2D eigenvalue weighted by molar-refractivity contribution is 7.08. The Labute approximate surface area is 177 Å². The highest BCUT2D eigenvalue weighted by Gasteiger charge is 2.35. The molecule has 1 aromatic carbocycles. The van der Waals surface area contributed by atoms with Gasteiger partial charge in [0.25, 0.3) is 0 Å². The van der Waals surface area contributed by atoms with Gasteiger partial charge < -0.3 is 14.1 Å². The number of nitrogens with zero attached hydrogens (tertiary/aromatic N) is 1. The first-order valence-electron chi connectivity index (χ1n) is 9.81. The van der Waals surface area contributed by atoms with Crippen molar-refractivity contribution in [1.29, 1.82) is 0 Å². The minimum atomic E-state index is -1.20. The van der Waals surface area contributed by atoms with Crippen LogP contribution in [0.1, 0.15) is 42.7 Å². The van der Waals surface area contributed by atoms with Crippen LogP contribution in [0.5, 0.6) is 0 Å². The van der Waals surface area contributed by atoms with Crippen LogP contribution < -0.4 is 5.43 Å². The van der Waals surface area contributed by atoms with E-state index in [2.05, 4.69) is 38.3 Å². The van der Waals surface area contributed by atoms with E-state index in [4.69, 9.17) is 4.42 Å². The lowest BCUT2D eigenvalue weighted by molar-refractivity contribution is 0.0693. The molecule has 5 nitrogen and oxygen atoms in total. The van der Waals surface area contributed by atoms with E-state index in [-0.39, 0.29) is 17.0 Å². The van der Waals surface area contributed by atoms with Crippen LogP contribution in [-0.4, -0.2) is 15.6 Å². The summed E-state index contributed by atoms with van der Waals surface area (Å²) in [7, 11) is 0. The van der Waals surface area contributed by atoms with Crippen molar-refractivity contribution in [2.45, 2.75) is 33.2 Å². The van der Waals surface area contributed by atoms with Gasteiger partial charge in [-0.2, -0.15) is 11.3 Å². The second-order valence-electron chi connectivity index (χ2n) is 8.86. The van der Waals surface area contributed by atoms with Crippen molar-refractivity contribution in [1.82, 2.24) is 4.57 Å². The maximum Gasteiger partial charge on any atom is 0.341 e. The zero-order chi connectivity index (χ0) is 21.2. The Kier molecular flexibility index (Phi) is 4.05. The van der Waals surface area contributed by atoms with E-state index in [9.17, 15) is 14.7 Å². The van der Waals surface area contributed by atoms with Crippen molar-refractivity contribution in [2.75, 3.05) is 0 Å². The molecule has 1 aliphatic rings. The molecule has 1 aliphatic heterocycles. The number of carboxylic acids is 1. The van der Waals surface area contributed by atoms with Crippen molar-refractivity contribution >= 4 is 28.3 Å². The fourth-order valence-electron chi connectivity index (χ4n) is 4.48. The molecule has 0 unspecified atom stereocenters. The highest BCUT2D eigenvalue weighted by Crippen LogP contribution is 2.47. The van der Waals surface area contributed by atoms with Gasteiger partial charge >= 0.3 is 5.97 Å². The molecule has 0 radical (unpaired) electrons. The minimum Gasteiger partial charge on any atom is -0.477 e. The van der Waals surface area contributed by atoms with Gasteiger partial charge in [0, 0.05) is 34.8 Å². The first kappa shape index (κ1) is 18.9. The number of hydrogen-bond acceptors (Lipinski definition) is 4.